The molecular formula is C22H24N2O4. The standard InChI is InChI=1S/C22H24N2O4/c1-14-10-15(2)12-16(11-14)18-4-3-7-24(18)22(26)21(25)23-17-5-6-19-20(13-17)28-9-8-27-19/h5-6,10-13,18H,3-4,7-9H2,1-2H3,(H,23,25). The van der Waals surface area contributed by atoms with Gasteiger partial charge in [0.25, 0.3) is 0 Å². The highest BCUT2D eigenvalue weighted by Crippen LogP contribution is 2.34. The molecule has 2 aromatic carbocycles. The second kappa shape index (κ2) is 7.54. The van der Waals surface area contributed by atoms with Gasteiger partial charge in [0.15, 0.2) is 11.5 Å². The summed E-state index contributed by atoms with van der Waals surface area (Å²) < 4.78 is 11.0. The predicted octanol–water partition coefficient (Wildman–Crippen LogP) is 3.38. The number of hydrogen-bond donors (Lipinski definition) is 1. The van der Waals surface area contributed by atoms with Gasteiger partial charge in [-0.1, -0.05) is 29.3 Å². The van der Waals surface area contributed by atoms with Gasteiger partial charge in [0.05, 0.1) is 6.04 Å². The maximum atomic E-state index is 12.8. The van der Waals surface area contributed by atoms with Crippen LogP contribution in [-0.4, -0.2) is 36.5 Å². The highest BCUT2D eigenvalue weighted by atomic mass is 16.6. The molecule has 6 heteroatoms. The molecule has 0 spiro atoms. The molecular weight excluding hydrogens is 356 g/mol. The third kappa shape index (κ3) is 3.67. The number of hydrogen-bond acceptors (Lipinski definition) is 4. The van der Waals surface area contributed by atoms with Gasteiger partial charge in [-0.3, -0.25) is 9.59 Å². The first-order valence-electron chi connectivity index (χ1n) is 9.61. The van der Waals surface area contributed by atoms with E-state index in [0.29, 0.717) is 36.9 Å². The molecule has 4 rings (SSSR count). The van der Waals surface area contributed by atoms with E-state index in [4.69, 9.17) is 9.47 Å². The van der Waals surface area contributed by atoms with Crippen molar-refractivity contribution >= 4 is 17.5 Å². The number of fused-ring (bicyclic) bond motifs is 1. The minimum absolute atomic E-state index is 0.0582. The zero-order valence-corrected chi connectivity index (χ0v) is 16.2. The molecule has 0 bridgehead atoms. The van der Waals surface area contributed by atoms with Crippen LogP contribution >= 0.6 is 0 Å². The molecule has 2 aliphatic rings. The Kier molecular flexibility index (Phi) is 4.94. The lowest BCUT2D eigenvalue weighted by Crippen LogP contribution is -2.39. The third-order valence-corrected chi connectivity index (χ3v) is 5.14. The Balaban J connectivity index is 1.49. The molecule has 1 atom stereocenters. The third-order valence-electron chi connectivity index (χ3n) is 5.14. The SMILES string of the molecule is Cc1cc(C)cc(C2CCCN2C(=O)C(=O)Nc2ccc3c(c2)OCCO3)c1. The van der Waals surface area contributed by atoms with Crippen LogP contribution in [-0.2, 0) is 9.59 Å². The van der Waals surface area contributed by atoms with Gasteiger partial charge < -0.3 is 19.7 Å². The molecule has 6 nitrogen and oxygen atoms in total. The molecule has 0 aliphatic carbocycles. The van der Waals surface area contributed by atoms with Gasteiger partial charge >= 0.3 is 11.8 Å². The number of benzene rings is 2. The first-order chi connectivity index (χ1) is 13.5. The van der Waals surface area contributed by atoms with E-state index in [1.54, 1.807) is 23.1 Å². The number of anilines is 1. The second-order valence-corrected chi connectivity index (χ2v) is 7.39. The van der Waals surface area contributed by atoms with Crippen molar-refractivity contribution in [1.29, 1.82) is 0 Å². The van der Waals surface area contributed by atoms with Gasteiger partial charge in [0.1, 0.15) is 13.2 Å². The van der Waals surface area contributed by atoms with Crippen molar-refractivity contribution in [3.63, 3.8) is 0 Å². The van der Waals surface area contributed by atoms with Crippen LogP contribution in [0.25, 0.3) is 0 Å². The normalized spacial score (nSPS) is 18.1. The van der Waals surface area contributed by atoms with Gasteiger partial charge in [-0.2, -0.15) is 0 Å². The molecule has 1 N–H and O–H groups in total. The number of amides is 2. The Bertz CT molecular complexity index is 904. The summed E-state index contributed by atoms with van der Waals surface area (Å²) in [6.07, 6.45) is 1.76. The van der Waals surface area contributed by atoms with Crippen LogP contribution in [0.1, 0.15) is 35.6 Å². The molecule has 0 radical (unpaired) electrons. The van der Waals surface area contributed by atoms with Crippen LogP contribution in [0.2, 0.25) is 0 Å². The molecule has 1 unspecified atom stereocenters. The average Bonchev–Trinajstić information content (AvgIpc) is 3.16. The minimum Gasteiger partial charge on any atom is -0.486 e. The van der Waals surface area contributed by atoms with Crippen LogP contribution in [0.5, 0.6) is 11.5 Å². The predicted molar refractivity (Wildman–Crippen MR) is 106 cm³/mol. The molecule has 28 heavy (non-hydrogen) atoms. The van der Waals surface area contributed by atoms with E-state index in [9.17, 15) is 9.59 Å². The Hall–Kier alpha value is -3.02. The Morgan fingerprint density at radius 2 is 1.71 bits per heavy atom. The number of aryl methyl sites for hydroxylation is 2. The molecule has 2 heterocycles. The summed E-state index contributed by atoms with van der Waals surface area (Å²) in [5.74, 6) is 0.0836. The number of nitrogens with one attached hydrogen (secondary N) is 1. The van der Waals surface area contributed by atoms with E-state index in [-0.39, 0.29) is 6.04 Å². The molecule has 0 aromatic heterocycles. The highest BCUT2D eigenvalue weighted by Gasteiger charge is 2.33. The zero-order valence-electron chi connectivity index (χ0n) is 16.2. The zero-order chi connectivity index (χ0) is 19.7. The lowest BCUT2D eigenvalue weighted by molar-refractivity contribution is -0.143. The molecule has 146 valence electrons. The number of nitrogens with zero attached hydrogens (tertiary/aromatic N) is 1. The summed E-state index contributed by atoms with van der Waals surface area (Å²) in [5, 5.41) is 2.70. The van der Waals surface area contributed by atoms with Gasteiger partial charge in [0, 0.05) is 18.3 Å². The van der Waals surface area contributed by atoms with Crippen molar-refractivity contribution in [1.82, 2.24) is 4.90 Å². The van der Waals surface area contributed by atoms with Gasteiger partial charge in [-0.25, -0.2) is 0 Å². The van der Waals surface area contributed by atoms with Gasteiger partial charge in [-0.15, -0.1) is 0 Å². The maximum Gasteiger partial charge on any atom is 0.313 e. The van der Waals surface area contributed by atoms with Crippen LogP contribution in [0.3, 0.4) is 0 Å². The van der Waals surface area contributed by atoms with E-state index in [1.165, 1.54) is 0 Å². The quantitative estimate of drug-likeness (QED) is 0.811. The largest absolute Gasteiger partial charge is 0.486 e. The fraction of sp³-hybridized carbons (Fsp3) is 0.364. The van der Waals surface area contributed by atoms with Crippen LogP contribution in [0.15, 0.2) is 36.4 Å². The van der Waals surface area contributed by atoms with Crippen LogP contribution in [0, 0.1) is 13.8 Å². The average molecular weight is 380 g/mol. The molecule has 1 fully saturated rings. The Labute approximate surface area is 164 Å². The smallest absolute Gasteiger partial charge is 0.313 e. The summed E-state index contributed by atoms with van der Waals surface area (Å²) in [6, 6.07) is 11.4. The van der Waals surface area contributed by atoms with Crippen molar-refractivity contribution in [2.24, 2.45) is 0 Å². The number of ether oxygens (including phenoxy) is 2. The van der Waals surface area contributed by atoms with Crippen molar-refractivity contribution < 1.29 is 19.1 Å². The van der Waals surface area contributed by atoms with E-state index < -0.39 is 11.8 Å². The lowest BCUT2D eigenvalue weighted by Gasteiger charge is -2.25. The summed E-state index contributed by atoms with van der Waals surface area (Å²) in [5.41, 5.74) is 3.94. The van der Waals surface area contributed by atoms with E-state index in [1.807, 2.05) is 13.8 Å². The van der Waals surface area contributed by atoms with Crippen molar-refractivity contribution in [2.45, 2.75) is 32.7 Å². The topological polar surface area (TPSA) is 67.9 Å². The van der Waals surface area contributed by atoms with Gasteiger partial charge in [0.2, 0.25) is 0 Å². The fourth-order valence-electron chi connectivity index (χ4n) is 3.99. The lowest BCUT2D eigenvalue weighted by atomic mass is 9.99. The number of rotatable bonds is 2. The number of carbonyl (C=O) groups is 2. The first-order valence-corrected chi connectivity index (χ1v) is 9.61. The molecule has 0 saturated carbocycles. The Morgan fingerprint density at radius 1 is 1.00 bits per heavy atom. The first kappa shape index (κ1) is 18.3. The molecule has 2 aromatic rings. The van der Waals surface area contributed by atoms with E-state index in [2.05, 4.69) is 23.5 Å². The highest BCUT2D eigenvalue weighted by molar-refractivity contribution is 6.39. The summed E-state index contributed by atoms with van der Waals surface area (Å²) >= 11 is 0. The van der Waals surface area contributed by atoms with Crippen molar-refractivity contribution in [2.75, 3.05) is 25.1 Å². The van der Waals surface area contributed by atoms with Gasteiger partial charge in [-0.05, 0) is 44.4 Å². The summed E-state index contributed by atoms with van der Waals surface area (Å²) in [7, 11) is 0. The molecule has 2 amide bonds. The van der Waals surface area contributed by atoms with Crippen LogP contribution < -0.4 is 14.8 Å². The van der Waals surface area contributed by atoms with Crippen molar-refractivity contribution in [3.8, 4) is 11.5 Å². The monoisotopic (exact) mass is 380 g/mol. The molecule has 1 saturated heterocycles. The summed E-state index contributed by atoms with van der Waals surface area (Å²) in [6.45, 7) is 5.66. The molecule has 2 aliphatic heterocycles. The second-order valence-electron chi connectivity index (χ2n) is 7.39. The number of carbonyl (C=O) groups excluding carboxylic acids is 2. The summed E-state index contributed by atoms with van der Waals surface area (Å²) in [4.78, 5) is 27.1. The van der Waals surface area contributed by atoms with E-state index >= 15 is 0 Å². The number of likely N-dealkylation sites (tertiary alicyclic amines) is 1. The van der Waals surface area contributed by atoms with E-state index in [0.717, 1.165) is 29.5 Å². The maximum absolute atomic E-state index is 12.8. The fourth-order valence-corrected chi connectivity index (χ4v) is 3.99. The minimum atomic E-state index is -0.632. The van der Waals surface area contributed by atoms with Crippen molar-refractivity contribution in [3.05, 3.63) is 53.1 Å². The Morgan fingerprint density at radius 3 is 2.46 bits per heavy atom. The van der Waals surface area contributed by atoms with Crippen LogP contribution in [0.4, 0.5) is 5.69 Å².